The van der Waals surface area contributed by atoms with Crippen LogP contribution in [-0.2, 0) is 17.8 Å². The molecule has 3 aromatic rings. The van der Waals surface area contributed by atoms with Crippen LogP contribution in [0.1, 0.15) is 43.4 Å². The predicted octanol–water partition coefficient (Wildman–Crippen LogP) is 4.56. The SMILES string of the molecule is C=CC(=O)N1CCN(c2nc(OC3CCC(N(C)C)CC3)nc3c2CCN(c2cccc4ccccc24)C3)CC1CC#N. The molecule has 9 nitrogen and oxygen atoms in total. The van der Waals surface area contributed by atoms with Gasteiger partial charge in [-0.05, 0) is 63.7 Å². The van der Waals surface area contributed by atoms with Gasteiger partial charge in [0.2, 0.25) is 5.91 Å². The van der Waals surface area contributed by atoms with Gasteiger partial charge in [-0.15, -0.1) is 0 Å². The summed E-state index contributed by atoms with van der Waals surface area (Å²) in [6.45, 7) is 6.87. The Morgan fingerprint density at radius 1 is 1.07 bits per heavy atom. The molecule has 6 rings (SSSR count). The molecular weight excluding hydrogens is 538 g/mol. The van der Waals surface area contributed by atoms with Crippen molar-refractivity contribution < 1.29 is 9.53 Å². The lowest BCUT2D eigenvalue weighted by molar-refractivity contribution is -0.128. The zero-order valence-electron chi connectivity index (χ0n) is 25.3. The van der Waals surface area contributed by atoms with E-state index in [2.05, 4.69) is 83.9 Å². The van der Waals surface area contributed by atoms with Crippen LogP contribution in [-0.4, -0.2) is 84.1 Å². The number of ether oxygens (including phenoxy) is 1. The first-order valence-electron chi connectivity index (χ1n) is 15.5. The second-order valence-electron chi connectivity index (χ2n) is 12.1. The fourth-order valence-corrected chi connectivity index (χ4v) is 6.96. The van der Waals surface area contributed by atoms with Gasteiger partial charge in [-0.3, -0.25) is 4.79 Å². The maximum atomic E-state index is 12.6. The monoisotopic (exact) mass is 579 g/mol. The summed E-state index contributed by atoms with van der Waals surface area (Å²) in [4.78, 5) is 31.4. The topological polar surface area (TPSA) is 88.8 Å². The van der Waals surface area contributed by atoms with Gasteiger partial charge in [0.15, 0.2) is 0 Å². The van der Waals surface area contributed by atoms with Crippen LogP contribution in [0.2, 0.25) is 0 Å². The zero-order valence-corrected chi connectivity index (χ0v) is 25.3. The van der Waals surface area contributed by atoms with Crippen molar-refractivity contribution >= 4 is 28.2 Å². The van der Waals surface area contributed by atoms with E-state index in [-0.39, 0.29) is 24.5 Å². The summed E-state index contributed by atoms with van der Waals surface area (Å²) in [7, 11) is 4.29. The molecule has 1 amide bonds. The number of rotatable bonds is 7. The Labute approximate surface area is 254 Å². The van der Waals surface area contributed by atoms with Crippen LogP contribution in [0.3, 0.4) is 0 Å². The molecule has 9 heteroatoms. The van der Waals surface area contributed by atoms with E-state index in [9.17, 15) is 10.1 Å². The number of nitrogens with zero attached hydrogens (tertiary/aromatic N) is 7. The molecule has 1 aromatic heterocycles. The third-order valence-corrected chi connectivity index (χ3v) is 9.34. The minimum absolute atomic E-state index is 0.0910. The highest BCUT2D eigenvalue weighted by Crippen LogP contribution is 2.35. The number of hydrogen-bond donors (Lipinski definition) is 0. The molecule has 3 aliphatic rings. The second-order valence-corrected chi connectivity index (χ2v) is 12.1. The quantitative estimate of drug-likeness (QED) is 0.377. The molecule has 1 aliphatic carbocycles. The highest BCUT2D eigenvalue weighted by atomic mass is 16.5. The zero-order chi connectivity index (χ0) is 29.9. The minimum Gasteiger partial charge on any atom is -0.460 e. The van der Waals surface area contributed by atoms with Crippen LogP contribution in [0.25, 0.3) is 10.8 Å². The minimum atomic E-state index is -0.226. The van der Waals surface area contributed by atoms with E-state index in [0.717, 1.165) is 55.7 Å². The summed E-state index contributed by atoms with van der Waals surface area (Å²) in [5.74, 6) is 0.751. The molecule has 1 saturated heterocycles. The summed E-state index contributed by atoms with van der Waals surface area (Å²) in [5.41, 5.74) is 3.33. The largest absolute Gasteiger partial charge is 0.460 e. The van der Waals surface area contributed by atoms with Crippen molar-refractivity contribution in [2.75, 3.05) is 50.1 Å². The molecule has 0 spiro atoms. The molecule has 0 N–H and O–H groups in total. The van der Waals surface area contributed by atoms with Crippen molar-refractivity contribution in [3.05, 3.63) is 66.4 Å². The van der Waals surface area contributed by atoms with E-state index in [1.165, 1.54) is 22.5 Å². The molecule has 3 heterocycles. The van der Waals surface area contributed by atoms with Crippen molar-refractivity contribution in [3.63, 3.8) is 0 Å². The molecule has 1 unspecified atom stereocenters. The number of carbonyl (C=O) groups excluding carboxylic acids is 1. The lowest BCUT2D eigenvalue weighted by Crippen LogP contribution is -2.55. The number of aromatic nitrogens is 2. The Morgan fingerprint density at radius 3 is 2.63 bits per heavy atom. The standard InChI is InChI=1S/C34H41N7O2/c1-4-32(42)41-21-20-40(22-26(41)16-18-35)33-29-17-19-39(31-11-7-9-24-8-5-6-10-28(24)31)23-30(29)36-34(37-33)43-27-14-12-25(13-15-27)38(2)3/h4-11,25-27H,1,12-17,19-23H2,2-3H3. The van der Waals surface area contributed by atoms with Gasteiger partial charge >= 0.3 is 6.01 Å². The van der Waals surface area contributed by atoms with E-state index < -0.39 is 0 Å². The van der Waals surface area contributed by atoms with Gasteiger partial charge in [-0.25, -0.2) is 0 Å². The Bertz CT molecular complexity index is 1520. The number of hydrogen-bond acceptors (Lipinski definition) is 8. The van der Waals surface area contributed by atoms with Crippen molar-refractivity contribution in [2.45, 2.75) is 63.3 Å². The molecule has 0 bridgehead atoms. The van der Waals surface area contributed by atoms with E-state index in [0.29, 0.717) is 38.2 Å². The molecule has 2 fully saturated rings. The molecule has 1 atom stereocenters. The fourth-order valence-electron chi connectivity index (χ4n) is 6.96. The molecule has 43 heavy (non-hydrogen) atoms. The summed E-state index contributed by atoms with van der Waals surface area (Å²) in [6, 6.07) is 18.0. The number of nitriles is 1. The summed E-state index contributed by atoms with van der Waals surface area (Å²) in [5, 5.41) is 12.0. The predicted molar refractivity (Wildman–Crippen MR) is 169 cm³/mol. The summed E-state index contributed by atoms with van der Waals surface area (Å²) in [6.07, 6.45) is 6.65. The van der Waals surface area contributed by atoms with Crippen LogP contribution in [0, 0.1) is 11.3 Å². The molecule has 224 valence electrons. The van der Waals surface area contributed by atoms with E-state index >= 15 is 0 Å². The van der Waals surface area contributed by atoms with Crippen LogP contribution in [0.4, 0.5) is 11.5 Å². The Balaban J connectivity index is 1.32. The number of anilines is 2. The number of fused-ring (bicyclic) bond motifs is 2. The fraction of sp³-hybridized carbons (Fsp3) is 0.471. The summed E-state index contributed by atoms with van der Waals surface area (Å²) < 4.78 is 6.53. The van der Waals surface area contributed by atoms with Crippen molar-refractivity contribution in [2.24, 2.45) is 0 Å². The van der Waals surface area contributed by atoms with Crippen LogP contribution in [0.15, 0.2) is 55.1 Å². The summed E-state index contributed by atoms with van der Waals surface area (Å²) >= 11 is 0. The van der Waals surface area contributed by atoms with Gasteiger partial charge in [0.1, 0.15) is 11.9 Å². The first-order valence-corrected chi connectivity index (χ1v) is 15.5. The first-order chi connectivity index (χ1) is 20.9. The van der Waals surface area contributed by atoms with E-state index in [1.807, 2.05) is 0 Å². The van der Waals surface area contributed by atoms with Crippen molar-refractivity contribution in [1.82, 2.24) is 19.8 Å². The Morgan fingerprint density at radius 2 is 1.86 bits per heavy atom. The maximum absolute atomic E-state index is 12.6. The first kappa shape index (κ1) is 28.9. The van der Waals surface area contributed by atoms with Crippen LogP contribution < -0.4 is 14.5 Å². The molecule has 2 aromatic carbocycles. The van der Waals surface area contributed by atoms with E-state index in [1.54, 1.807) is 4.90 Å². The lowest BCUT2D eigenvalue weighted by Gasteiger charge is -2.42. The van der Waals surface area contributed by atoms with Gasteiger partial charge in [-0.2, -0.15) is 15.2 Å². The third kappa shape index (κ3) is 6.02. The van der Waals surface area contributed by atoms with Gasteiger partial charge in [0, 0.05) is 48.9 Å². The smallest absolute Gasteiger partial charge is 0.318 e. The average molecular weight is 580 g/mol. The maximum Gasteiger partial charge on any atom is 0.318 e. The number of benzene rings is 2. The van der Waals surface area contributed by atoms with E-state index in [4.69, 9.17) is 14.7 Å². The van der Waals surface area contributed by atoms with Gasteiger partial charge in [-0.1, -0.05) is 43.0 Å². The van der Waals surface area contributed by atoms with Gasteiger partial charge in [0.05, 0.1) is 30.8 Å². The van der Waals surface area contributed by atoms with Crippen LogP contribution >= 0.6 is 0 Å². The van der Waals surface area contributed by atoms with Gasteiger partial charge < -0.3 is 24.3 Å². The third-order valence-electron chi connectivity index (χ3n) is 9.34. The molecule has 1 saturated carbocycles. The van der Waals surface area contributed by atoms with Crippen LogP contribution in [0.5, 0.6) is 6.01 Å². The van der Waals surface area contributed by atoms with Crippen molar-refractivity contribution in [1.29, 1.82) is 5.26 Å². The van der Waals surface area contributed by atoms with Crippen molar-refractivity contribution in [3.8, 4) is 12.1 Å². The molecule has 2 aliphatic heterocycles. The number of piperazine rings is 1. The number of carbonyl (C=O) groups is 1. The second kappa shape index (κ2) is 12.6. The molecular formula is C34H41N7O2. The number of amides is 1. The normalized spacial score (nSPS) is 22.3. The lowest BCUT2D eigenvalue weighted by atomic mass is 9.92. The molecule has 0 radical (unpaired) electrons. The highest BCUT2D eigenvalue weighted by molar-refractivity contribution is 5.94. The Kier molecular flexibility index (Phi) is 8.48. The Hall–Kier alpha value is -4.16. The average Bonchev–Trinajstić information content (AvgIpc) is 3.04. The highest BCUT2D eigenvalue weighted by Gasteiger charge is 2.34. The van der Waals surface area contributed by atoms with Gasteiger partial charge in [0.25, 0.3) is 0 Å².